The Morgan fingerprint density at radius 1 is 0.955 bits per heavy atom. The lowest BCUT2D eigenvalue weighted by Crippen LogP contribution is -2.13. The molecule has 0 unspecified atom stereocenters. The van der Waals surface area contributed by atoms with E-state index in [1.54, 1.807) is 11.8 Å². The molecule has 0 saturated heterocycles. The molecule has 2 heterocycles. The van der Waals surface area contributed by atoms with E-state index in [2.05, 4.69) is 38.3 Å². The molecular formula is C16H11BrN4S. The second-order valence-corrected chi connectivity index (χ2v) is 6.60. The first-order valence-electron chi connectivity index (χ1n) is 6.79. The third-order valence-electron chi connectivity index (χ3n) is 3.39. The molecule has 0 saturated carbocycles. The molecule has 2 aromatic carbocycles. The van der Waals surface area contributed by atoms with E-state index in [0.29, 0.717) is 0 Å². The van der Waals surface area contributed by atoms with Crippen molar-refractivity contribution in [2.45, 2.75) is 5.16 Å². The van der Waals surface area contributed by atoms with Crippen LogP contribution in [0.1, 0.15) is 5.56 Å². The molecule has 108 valence electrons. The average Bonchev–Trinajstić information content (AvgIpc) is 2.99. The summed E-state index contributed by atoms with van der Waals surface area (Å²) in [4.78, 5) is 0. The lowest BCUT2D eigenvalue weighted by Gasteiger charge is -2.14. The summed E-state index contributed by atoms with van der Waals surface area (Å²) in [5.74, 6) is 1.56. The van der Waals surface area contributed by atoms with Gasteiger partial charge in [-0.25, -0.2) is 0 Å². The molecule has 4 nitrogen and oxygen atoms in total. The predicted molar refractivity (Wildman–Crippen MR) is 92.3 cm³/mol. The van der Waals surface area contributed by atoms with Gasteiger partial charge in [-0.15, -0.1) is 10.2 Å². The molecule has 1 aliphatic rings. The zero-order valence-electron chi connectivity index (χ0n) is 11.5. The quantitative estimate of drug-likeness (QED) is 0.682. The van der Waals surface area contributed by atoms with Gasteiger partial charge in [-0.05, 0) is 17.7 Å². The molecule has 0 aliphatic carbocycles. The van der Waals surface area contributed by atoms with Gasteiger partial charge in [0.1, 0.15) is 0 Å². The zero-order chi connectivity index (χ0) is 14.9. The maximum atomic E-state index is 4.76. The summed E-state index contributed by atoms with van der Waals surface area (Å²) in [6.07, 6.45) is 0. The normalized spacial score (nSPS) is 13.6. The Kier molecular flexibility index (Phi) is 3.56. The summed E-state index contributed by atoms with van der Waals surface area (Å²) in [6, 6.07) is 18.2. The molecule has 1 aliphatic heterocycles. The van der Waals surface area contributed by atoms with Crippen molar-refractivity contribution in [1.29, 1.82) is 0 Å². The molecule has 0 N–H and O–H groups in total. The molecule has 0 radical (unpaired) electrons. The van der Waals surface area contributed by atoms with E-state index in [1.165, 1.54) is 0 Å². The van der Waals surface area contributed by atoms with Gasteiger partial charge < -0.3 is 0 Å². The highest BCUT2D eigenvalue weighted by molar-refractivity contribution is 9.10. The number of hydrogen-bond acceptors (Lipinski definition) is 4. The maximum Gasteiger partial charge on any atom is 0.212 e. The van der Waals surface area contributed by atoms with Crippen molar-refractivity contribution in [3.05, 3.63) is 64.6 Å². The molecule has 6 heteroatoms. The van der Waals surface area contributed by atoms with Crippen LogP contribution in [0.4, 0.5) is 0 Å². The number of thioether (sulfide) groups is 1. The highest BCUT2D eigenvalue weighted by Crippen LogP contribution is 2.31. The molecule has 1 aromatic heterocycles. The third-order valence-corrected chi connectivity index (χ3v) is 5.01. The minimum atomic E-state index is 0.753. The zero-order valence-corrected chi connectivity index (χ0v) is 13.9. The second-order valence-electron chi connectivity index (χ2n) is 4.80. The largest absolute Gasteiger partial charge is 0.212 e. The molecule has 22 heavy (non-hydrogen) atoms. The van der Waals surface area contributed by atoms with Crippen LogP contribution in [0.2, 0.25) is 0 Å². The van der Waals surface area contributed by atoms with Crippen LogP contribution in [0.15, 0.2) is 69.3 Å². The number of benzene rings is 2. The highest BCUT2D eigenvalue weighted by Gasteiger charge is 2.21. The predicted octanol–water partition coefficient (Wildman–Crippen LogP) is 4.07. The number of nitrogens with zero attached hydrogens (tertiary/aromatic N) is 4. The van der Waals surface area contributed by atoms with E-state index in [1.807, 2.05) is 47.1 Å². The van der Waals surface area contributed by atoms with Crippen molar-refractivity contribution in [3.8, 4) is 11.4 Å². The van der Waals surface area contributed by atoms with Gasteiger partial charge in [0.2, 0.25) is 5.16 Å². The van der Waals surface area contributed by atoms with Crippen molar-refractivity contribution in [1.82, 2.24) is 14.9 Å². The standard InChI is InChI=1S/C16H11BrN4S/c17-13-9-5-4-8-12(13)15-18-19-16-21(15)20-14(10-22-16)11-6-2-1-3-7-11/h1-9H,10H2. The first kappa shape index (κ1) is 13.7. The molecule has 0 spiro atoms. The van der Waals surface area contributed by atoms with Gasteiger partial charge in [-0.2, -0.15) is 9.78 Å². The summed E-state index contributed by atoms with van der Waals surface area (Å²) in [5, 5.41) is 14.1. The van der Waals surface area contributed by atoms with E-state index < -0.39 is 0 Å². The third kappa shape index (κ3) is 2.38. The number of rotatable bonds is 2. The Balaban J connectivity index is 1.84. The van der Waals surface area contributed by atoms with Crippen molar-refractivity contribution < 1.29 is 0 Å². The topological polar surface area (TPSA) is 43.1 Å². The summed E-state index contributed by atoms with van der Waals surface area (Å²) in [6.45, 7) is 0. The highest BCUT2D eigenvalue weighted by atomic mass is 79.9. The van der Waals surface area contributed by atoms with E-state index in [-0.39, 0.29) is 0 Å². The van der Waals surface area contributed by atoms with Gasteiger partial charge in [-0.1, -0.05) is 70.2 Å². The number of aromatic nitrogens is 3. The van der Waals surface area contributed by atoms with E-state index >= 15 is 0 Å². The molecule has 3 aromatic rings. The van der Waals surface area contributed by atoms with Crippen LogP contribution in [0, 0.1) is 0 Å². The van der Waals surface area contributed by atoms with E-state index in [0.717, 1.165) is 38.0 Å². The fourth-order valence-corrected chi connectivity index (χ4v) is 3.61. The van der Waals surface area contributed by atoms with Gasteiger partial charge >= 0.3 is 0 Å². The van der Waals surface area contributed by atoms with Gasteiger partial charge in [0.15, 0.2) is 5.82 Å². The number of fused-ring (bicyclic) bond motifs is 1. The number of halogens is 1. The van der Waals surface area contributed by atoms with E-state index in [9.17, 15) is 0 Å². The van der Waals surface area contributed by atoms with Crippen LogP contribution < -0.4 is 0 Å². The fraction of sp³-hybridized carbons (Fsp3) is 0.0625. The average molecular weight is 371 g/mol. The SMILES string of the molecule is Brc1ccccc1-c1nnc2n1N=C(c1ccccc1)CS2. The summed E-state index contributed by atoms with van der Waals surface area (Å²) in [5.41, 5.74) is 3.15. The van der Waals surface area contributed by atoms with Crippen molar-refractivity contribution >= 4 is 33.4 Å². The lowest BCUT2D eigenvalue weighted by atomic mass is 10.1. The van der Waals surface area contributed by atoms with Crippen LogP contribution in [-0.2, 0) is 0 Å². The monoisotopic (exact) mass is 370 g/mol. The van der Waals surface area contributed by atoms with Crippen molar-refractivity contribution in [2.75, 3.05) is 5.75 Å². The van der Waals surface area contributed by atoms with Crippen molar-refractivity contribution in [2.24, 2.45) is 5.10 Å². The fourth-order valence-electron chi connectivity index (χ4n) is 2.31. The van der Waals surface area contributed by atoms with Gasteiger partial charge in [0.05, 0.1) is 5.71 Å². The van der Waals surface area contributed by atoms with Crippen LogP contribution in [-0.4, -0.2) is 26.3 Å². The van der Waals surface area contributed by atoms with Crippen LogP contribution in [0.25, 0.3) is 11.4 Å². The second kappa shape index (κ2) is 5.70. The molecule has 0 atom stereocenters. The number of hydrogen-bond donors (Lipinski definition) is 0. The maximum absolute atomic E-state index is 4.76. The molecule has 0 amide bonds. The first-order valence-corrected chi connectivity index (χ1v) is 8.57. The first-order chi connectivity index (χ1) is 10.8. The van der Waals surface area contributed by atoms with E-state index in [4.69, 9.17) is 5.10 Å². The Bertz CT molecular complexity index is 858. The van der Waals surface area contributed by atoms with Gasteiger partial charge in [0.25, 0.3) is 0 Å². The van der Waals surface area contributed by atoms with Crippen LogP contribution in [0.3, 0.4) is 0 Å². The smallest absolute Gasteiger partial charge is 0.186 e. The Morgan fingerprint density at radius 2 is 1.73 bits per heavy atom. The summed E-state index contributed by atoms with van der Waals surface area (Å²) < 4.78 is 2.81. The Hall–Kier alpha value is -1.92. The summed E-state index contributed by atoms with van der Waals surface area (Å²) in [7, 11) is 0. The van der Waals surface area contributed by atoms with Gasteiger partial charge in [0, 0.05) is 15.8 Å². The van der Waals surface area contributed by atoms with Crippen LogP contribution >= 0.6 is 27.7 Å². The molecule has 4 rings (SSSR count). The lowest BCUT2D eigenvalue weighted by molar-refractivity contribution is 0.762. The minimum absolute atomic E-state index is 0.753. The Labute approximate surface area is 140 Å². The molecular weight excluding hydrogens is 360 g/mol. The molecule has 0 bridgehead atoms. The van der Waals surface area contributed by atoms with Gasteiger partial charge in [-0.3, -0.25) is 0 Å². The van der Waals surface area contributed by atoms with Crippen LogP contribution in [0.5, 0.6) is 0 Å². The van der Waals surface area contributed by atoms with Crippen molar-refractivity contribution in [3.63, 3.8) is 0 Å². The Morgan fingerprint density at radius 3 is 2.55 bits per heavy atom. The summed E-state index contributed by atoms with van der Waals surface area (Å²) >= 11 is 5.23. The molecule has 0 fully saturated rings. The minimum Gasteiger partial charge on any atom is -0.186 e.